The number of rotatable bonds is 3. The number of hydrogen-bond donors (Lipinski definition) is 1. The number of nitrogens with zero attached hydrogens (tertiary/aromatic N) is 1. The smallest absolute Gasteiger partial charge is 0.141 e. The first-order valence-corrected chi connectivity index (χ1v) is 6.37. The summed E-state index contributed by atoms with van der Waals surface area (Å²) in [4.78, 5) is 5.19. The molecule has 0 saturated carbocycles. The molecule has 2 aromatic rings. The lowest BCUT2D eigenvalue weighted by Crippen LogP contribution is -2.11. The van der Waals surface area contributed by atoms with E-state index in [-0.39, 0.29) is 11.1 Å². The van der Waals surface area contributed by atoms with Crippen LogP contribution in [-0.4, -0.2) is 4.98 Å². The summed E-state index contributed by atoms with van der Waals surface area (Å²) in [7, 11) is 0. The Hall–Kier alpha value is -0.970. The Morgan fingerprint density at radius 3 is 2.88 bits per heavy atom. The number of hydrogen-bond acceptors (Lipinski definition) is 3. The molecule has 2 nitrogen and oxygen atoms in total. The third-order valence-corrected chi connectivity index (χ3v) is 3.78. The first kappa shape index (κ1) is 12.5. The summed E-state index contributed by atoms with van der Waals surface area (Å²) >= 11 is 7.30. The molecule has 2 N–H and O–H groups in total. The van der Waals surface area contributed by atoms with Crippen LogP contribution in [0.1, 0.15) is 21.5 Å². The highest BCUT2D eigenvalue weighted by Gasteiger charge is 2.11. The fourth-order valence-corrected chi connectivity index (χ4v) is 2.56. The van der Waals surface area contributed by atoms with Crippen molar-refractivity contribution in [2.24, 2.45) is 5.73 Å². The molecule has 0 aliphatic rings. The van der Waals surface area contributed by atoms with E-state index in [0.717, 1.165) is 15.4 Å². The number of benzene rings is 1. The van der Waals surface area contributed by atoms with Crippen molar-refractivity contribution in [3.63, 3.8) is 0 Å². The average Bonchev–Trinajstić information content (AvgIpc) is 2.70. The second-order valence-corrected chi connectivity index (χ2v) is 5.51. The van der Waals surface area contributed by atoms with E-state index in [1.165, 1.54) is 6.07 Å². The predicted octanol–water partition coefficient (Wildman–Crippen LogP) is 3.49. The second kappa shape index (κ2) is 5.12. The molecule has 0 saturated heterocycles. The molecule has 0 radical (unpaired) electrons. The van der Waals surface area contributed by atoms with E-state index in [1.807, 2.05) is 6.92 Å². The lowest BCUT2D eigenvalue weighted by Gasteiger charge is -2.09. The van der Waals surface area contributed by atoms with Gasteiger partial charge in [0.1, 0.15) is 5.82 Å². The highest BCUT2D eigenvalue weighted by molar-refractivity contribution is 7.11. The molecular formula is C12H12ClFN2S. The molecule has 1 atom stereocenters. The zero-order chi connectivity index (χ0) is 12.4. The van der Waals surface area contributed by atoms with E-state index < -0.39 is 5.82 Å². The van der Waals surface area contributed by atoms with Gasteiger partial charge in [-0.15, -0.1) is 11.3 Å². The highest BCUT2D eigenvalue weighted by Crippen LogP contribution is 2.24. The van der Waals surface area contributed by atoms with Crippen LogP contribution in [0.4, 0.5) is 4.39 Å². The molecule has 1 aromatic heterocycles. The molecule has 1 heterocycles. The first-order valence-electron chi connectivity index (χ1n) is 5.18. The number of halogens is 2. The molecule has 0 bridgehead atoms. The summed E-state index contributed by atoms with van der Waals surface area (Å²) in [5, 5.41) is 1.13. The largest absolute Gasteiger partial charge is 0.323 e. The topological polar surface area (TPSA) is 38.9 Å². The van der Waals surface area contributed by atoms with Crippen molar-refractivity contribution >= 4 is 22.9 Å². The quantitative estimate of drug-likeness (QED) is 0.927. The van der Waals surface area contributed by atoms with E-state index in [2.05, 4.69) is 4.98 Å². The molecule has 0 amide bonds. The van der Waals surface area contributed by atoms with Gasteiger partial charge in [0.25, 0.3) is 0 Å². The van der Waals surface area contributed by atoms with Crippen LogP contribution >= 0.6 is 22.9 Å². The van der Waals surface area contributed by atoms with E-state index in [1.54, 1.807) is 29.7 Å². The molecule has 0 aliphatic carbocycles. The van der Waals surface area contributed by atoms with Crippen molar-refractivity contribution < 1.29 is 4.39 Å². The molecule has 90 valence electrons. The Balaban J connectivity index is 2.12. The van der Waals surface area contributed by atoms with Crippen LogP contribution in [0.3, 0.4) is 0 Å². The molecular weight excluding hydrogens is 259 g/mol. The minimum Gasteiger partial charge on any atom is -0.323 e. The van der Waals surface area contributed by atoms with E-state index in [9.17, 15) is 4.39 Å². The number of aryl methyl sites for hydroxylation is 1. The second-order valence-electron chi connectivity index (χ2n) is 3.84. The zero-order valence-corrected chi connectivity index (χ0v) is 10.9. The van der Waals surface area contributed by atoms with Crippen molar-refractivity contribution in [1.82, 2.24) is 4.98 Å². The number of nitrogens with two attached hydrogens (primary N) is 1. The summed E-state index contributed by atoms with van der Waals surface area (Å²) in [5.74, 6) is -0.405. The van der Waals surface area contributed by atoms with E-state index >= 15 is 0 Å². The molecule has 2 rings (SSSR count). The molecule has 0 spiro atoms. The van der Waals surface area contributed by atoms with Crippen molar-refractivity contribution in [3.05, 3.63) is 50.7 Å². The fourth-order valence-electron chi connectivity index (χ4n) is 1.57. The molecule has 1 unspecified atom stereocenters. The van der Waals surface area contributed by atoms with Crippen LogP contribution in [0.25, 0.3) is 0 Å². The molecule has 1 aromatic carbocycles. The van der Waals surface area contributed by atoms with Gasteiger partial charge < -0.3 is 5.73 Å². The zero-order valence-electron chi connectivity index (χ0n) is 9.28. The maximum atomic E-state index is 13.0. The van der Waals surface area contributed by atoms with Crippen LogP contribution in [0.15, 0.2) is 24.4 Å². The molecule has 17 heavy (non-hydrogen) atoms. The normalized spacial score (nSPS) is 12.7. The van der Waals surface area contributed by atoms with Gasteiger partial charge in [-0.1, -0.05) is 17.7 Å². The maximum absolute atomic E-state index is 13.0. The predicted molar refractivity (Wildman–Crippen MR) is 68.9 cm³/mol. The van der Waals surface area contributed by atoms with Gasteiger partial charge in [0.05, 0.1) is 10.0 Å². The molecule has 5 heteroatoms. The Morgan fingerprint density at radius 2 is 2.29 bits per heavy atom. The van der Waals surface area contributed by atoms with Crippen LogP contribution < -0.4 is 5.73 Å². The van der Waals surface area contributed by atoms with Gasteiger partial charge in [-0.25, -0.2) is 9.37 Å². The van der Waals surface area contributed by atoms with Gasteiger partial charge >= 0.3 is 0 Å². The van der Waals surface area contributed by atoms with Gasteiger partial charge in [-0.3, -0.25) is 0 Å². The van der Waals surface area contributed by atoms with Crippen LogP contribution in [0.5, 0.6) is 0 Å². The third kappa shape index (κ3) is 3.03. The minimum absolute atomic E-state index is 0.122. The Bertz CT molecular complexity index is 527. The lowest BCUT2D eigenvalue weighted by atomic mass is 10.1. The van der Waals surface area contributed by atoms with Gasteiger partial charge in [-0.2, -0.15) is 0 Å². The average molecular weight is 271 g/mol. The fraction of sp³-hybridized carbons (Fsp3) is 0.250. The Kier molecular flexibility index (Phi) is 3.76. The highest BCUT2D eigenvalue weighted by atomic mass is 35.5. The minimum atomic E-state index is -0.405. The summed E-state index contributed by atoms with van der Waals surface area (Å²) in [6.45, 7) is 1.94. The standard InChI is InChI=1S/C12H12ClFN2S/c1-7-16-6-12(17-7)11(15)5-8-2-3-10(14)9(13)4-8/h2-4,6,11H,5,15H2,1H3. The SMILES string of the molecule is Cc1ncc(C(N)Cc2ccc(F)c(Cl)c2)s1. The van der Waals surface area contributed by atoms with E-state index in [4.69, 9.17) is 17.3 Å². The Labute approximate surface area is 108 Å². The van der Waals surface area contributed by atoms with Crippen molar-refractivity contribution in [3.8, 4) is 0 Å². The van der Waals surface area contributed by atoms with Gasteiger partial charge in [0, 0.05) is 17.1 Å². The van der Waals surface area contributed by atoms with Crippen molar-refractivity contribution in [2.45, 2.75) is 19.4 Å². The number of thiazole rings is 1. The van der Waals surface area contributed by atoms with Gasteiger partial charge in [0.15, 0.2) is 0 Å². The number of aromatic nitrogens is 1. The van der Waals surface area contributed by atoms with Crippen molar-refractivity contribution in [2.75, 3.05) is 0 Å². The monoisotopic (exact) mass is 270 g/mol. The lowest BCUT2D eigenvalue weighted by molar-refractivity contribution is 0.626. The van der Waals surface area contributed by atoms with E-state index in [0.29, 0.717) is 6.42 Å². The van der Waals surface area contributed by atoms with Crippen LogP contribution in [0.2, 0.25) is 5.02 Å². The van der Waals surface area contributed by atoms with Crippen LogP contribution in [0, 0.1) is 12.7 Å². The molecule has 0 fully saturated rings. The van der Waals surface area contributed by atoms with Crippen LogP contribution in [-0.2, 0) is 6.42 Å². The summed E-state index contributed by atoms with van der Waals surface area (Å²) in [6, 6.07) is 4.56. The summed E-state index contributed by atoms with van der Waals surface area (Å²) < 4.78 is 13.0. The van der Waals surface area contributed by atoms with Gasteiger partial charge in [-0.05, 0) is 31.0 Å². The maximum Gasteiger partial charge on any atom is 0.141 e. The van der Waals surface area contributed by atoms with Crippen molar-refractivity contribution in [1.29, 1.82) is 0 Å². The third-order valence-electron chi connectivity index (χ3n) is 2.44. The molecule has 0 aliphatic heterocycles. The van der Waals surface area contributed by atoms with Gasteiger partial charge in [0.2, 0.25) is 0 Å². The summed E-state index contributed by atoms with van der Waals surface area (Å²) in [5.41, 5.74) is 6.99. The first-order chi connectivity index (χ1) is 8.06. The summed E-state index contributed by atoms with van der Waals surface area (Å²) in [6.07, 6.45) is 2.41. The Morgan fingerprint density at radius 1 is 1.53 bits per heavy atom.